The van der Waals surface area contributed by atoms with Crippen LogP contribution in [-0.4, -0.2) is 62.1 Å². The van der Waals surface area contributed by atoms with E-state index in [4.69, 9.17) is 0 Å². The van der Waals surface area contributed by atoms with Gasteiger partial charge < -0.3 is 15.2 Å². The Morgan fingerprint density at radius 1 is 1.05 bits per heavy atom. The summed E-state index contributed by atoms with van der Waals surface area (Å²) in [6.07, 6.45) is -2.64. The van der Waals surface area contributed by atoms with Crippen LogP contribution in [0.3, 0.4) is 0 Å². The van der Waals surface area contributed by atoms with Crippen LogP contribution in [0.4, 0.5) is 13.2 Å². The van der Waals surface area contributed by atoms with Crippen molar-refractivity contribution in [2.75, 3.05) is 19.6 Å². The molecule has 1 aliphatic heterocycles. The predicted molar refractivity (Wildman–Crippen MR) is 139 cm³/mol. The molecule has 3 aromatic rings. The minimum absolute atomic E-state index is 0.0999. The third kappa shape index (κ3) is 5.60. The molecule has 5 rings (SSSR count). The summed E-state index contributed by atoms with van der Waals surface area (Å²) in [7, 11) is -3.80. The average Bonchev–Trinajstić information content (AvgIpc) is 3.32. The summed E-state index contributed by atoms with van der Waals surface area (Å²) >= 11 is 0. The number of nitrogens with zero attached hydrogens (tertiary/aromatic N) is 1. The summed E-state index contributed by atoms with van der Waals surface area (Å²) in [6.45, 7) is 1.97. The van der Waals surface area contributed by atoms with Crippen LogP contribution in [0.1, 0.15) is 31.2 Å². The Labute approximate surface area is 219 Å². The lowest BCUT2D eigenvalue weighted by Crippen LogP contribution is -2.59. The Balaban J connectivity index is 1.21. The number of halogens is 3. The second-order valence-electron chi connectivity index (χ2n) is 10.2. The number of hydrogen-bond donors (Lipinski definition) is 3. The molecular formula is C27H31F3N4O3S. The summed E-state index contributed by atoms with van der Waals surface area (Å²) in [5.41, 5.74) is 3.79. The molecule has 2 fully saturated rings. The van der Waals surface area contributed by atoms with Crippen LogP contribution in [0.5, 0.6) is 0 Å². The first-order valence-electron chi connectivity index (χ1n) is 12.8. The molecular weight excluding hydrogens is 517 g/mol. The molecule has 1 saturated heterocycles. The van der Waals surface area contributed by atoms with Gasteiger partial charge in [-0.2, -0.15) is 13.2 Å². The van der Waals surface area contributed by atoms with Crippen molar-refractivity contribution in [1.82, 2.24) is 19.9 Å². The second-order valence-corrected chi connectivity index (χ2v) is 12.0. The van der Waals surface area contributed by atoms with E-state index in [-0.39, 0.29) is 36.5 Å². The van der Waals surface area contributed by atoms with Gasteiger partial charge in [0.2, 0.25) is 15.9 Å². The highest BCUT2D eigenvalue weighted by Crippen LogP contribution is 2.31. The van der Waals surface area contributed by atoms with Crippen molar-refractivity contribution in [3.63, 3.8) is 0 Å². The lowest BCUT2D eigenvalue weighted by molar-refractivity contribution is -0.169. The van der Waals surface area contributed by atoms with E-state index in [1.54, 1.807) is 18.2 Å². The van der Waals surface area contributed by atoms with Crippen LogP contribution < -0.4 is 10.0 Å². The molecule has 1 amide bonds. The van der Waals surface area contributed by atoms with Gasteiger partial charge in [-0.25, -0.2) is 13.1 Å². The fourth-order valence-electron chi connectivity index (χ4n) is 5.47. The lowest BCUT2D eigenvalue weighted by atomic mass is 9.85. The molecule has 2 heterocycles. The zero-order chi connectivity index (χ0) is 27.1. The van der Waals surface area contributed by atoms with Crippen LogP contribution in [0.25, 0.3) is 22.2 Å². The number of aromatic amines is 1. The molecule has 1 aromatic heterocycles. The van der Waals surface area contributed by atoms with E-state index in [1.165, 1.54) is 4.90 Å². The molecule has 38 heavy (non-hydrogen) atoms. The van der Waals surface area contributed by atoms with Gasteiger partial charge in [0.05, 0.1) is 4.90 Å². The van der Waals surface area contributed by atoms with E-state index in [0.717, 1.165) is 22.2 Å². The number of nitrogens with one attached hydrogen (secondary N) is 3. The molecule has 3 N–H and O–H groups in total. The van der Waals surface area contributed by atoms with Crippen LogP contribution in [0.2, 0.25) is 0 Å². The standard InChI is InChI=1S/C27H31F3N4O3S/c1-17-4-2-3-5-22(17)24-14-19-8-11-21(15-23(19)32-24)38(36,37)33-20-9-6-18(7-10-20)26(35)34-13-12-31-25(16-34)27(28,29)30/h2-5,8,11,14-15,18,20,25,31-33H,6-7,9-10,12-13,16H2,1H3/t18?,20?,25-/m0/s1. The van der Waals surface area contributed by atoms with Crippen molar-refractivity contribution < 1.29 is 26.4 Å². The minimum atomic E-state index is -4.40. The summed E-state index contributed by atoms with van der Waals surface area (Å²) in [5, 5.41) is 3.32. The van der Waals surface area contributed by atoms with Crippen LogP contribution in [0, 0.1) is 12.8 Å². The number of H-pyrrole nitrogens is 1. The number of alkyl halides is 3. The largest absolute Gasteiger partial charge is 0.405 e. The number of amides is 1. The molecule has 11 heteroatoms. The second kappa shape index (κ2) is 10.3. The van der Waals surface area contributed by atoms with Crippen molar-refractivity contribution in [3.05, 3.63) is 54.1 Å². The summed E-state index contributed by atoms with van der Waals surface area (Å²) < 4.78 is 68.3. The molecule has 0 unspecified atom stereocenters. The monoisotopic (exact) mass is 548 g/mol. The number of hydrogen-bond acceptors (Lipinski definition) is 4. The van der Waals surface area contributed by atoms with Crippen LogP contribution in [0.15, 0.2) is 53.4 Å². The molecule has 1 aliphatic carbocycles. The van der Waals surface area contributed by atoms with Gasteiger partial charge >= 0.3 is 6.18 Å². The molecule has 7 nitrogen and oxygen atoms in total. The first kappa shape index (κ1) is 26.7. The maximum atomic E-state index is 13.2. The molecule has 1 atom stereocenters. The van der Waals surface area contributed by atoms with Gasteiger partial charge in [0.15, 0.2) is 0 Å². The lowest BCUT2D eigenvalue weighted by Gasteiger charge is -2.38. The maximum absolute atomic E-state index is 13.2. The topological polar surface area (TPSA) is 94.3 Å². The number of aromatic nitrogens is 1. The molecule has 1 saturated carbocycles. The summed E-state index contributed by atoms with van der Waals surface area (Å²) in [5.74, 6) is -0.665. The Morgan fingerprint density at radius 2 is 1.79 bits per heavy atom. The zero-order valence-corrected chi connectivity index (χ0v) is 21.8. The van der Waals surface area contributed by atoms with E-state index >= 15 is 0 Å². The average molecular weight is 549 g/mol. The summed E-state index contributed by atoms with van der Waals surface area (Å²) in [4.78, 5) is 17.6. The Morgan fingerprint density at radius 3 is 2.50 bits per heavy atom. The van der Waals surface area contributed by atoms with E-state index < -0.39 is 28.2 Å². The van der Waals surface area contributed by atoms with Gasteiger partial charge in [0, 0.05) is 53.8 Å². The number of fused-ring (bicyclic) bond motifs is 1. The van der Waals surface area contributed by atoms with Crippen molar-refractivity contribution in [1.29, 1.82) is 0 Å². The molecule has 0 radical (unpaired) electrons. The van der Waals surface area contributed by atoms with Crippen LogP contribution in [-0.2, 0) is 14.8 Å². The van der Waals surface area contributed by atoms with Gasteiger partial charge in [0.25, 0.3) is 0 Å². The quantitative estimate of drug-likeness (QED) is 0.442. The summed E-state index contributed by atoms with van der Waals surface area (Å²) in [6, 6.07) is 12.9. The van der Waals surface area contributed by atoms with Crippen molar-refractivity contribution >= 4 is 26.8 Å². The number of carbonyl (C=O) groups is 1. The van der Waals surface area contributed by atoms with Crippen molar-refractivity contribution in [3.8, 4) is 11.3 Å². The minimum Gasteiger partial charge on any atom is -0.354 e. The van der Waals surface area contributed by atoms with E-state index in [9.17, 15) is 26.4 Å². The Bertz CT molecular complexity index is 1430. The Kier molecular flexibility index (Phi) is 7.27. The first-order chi connectivity index (χ1) is 18.0. The normalized spacial score (nSPS) is 23.1. The molecule has 0 bridgehead atoms. The molecule has 2 aromatic carbocycles. The van der Waals surface area contributed by atoms with E-state index in [0.29, 0.717) is 31.2 Å². The van der Waals surface area contributed by atoms with Gasteiger partial charge in [0.1, 0.15) is 6.04 Å². The van der Waals surface area contributed by atoms with Gasteiger partial charge in [-0.15, -0.1) is 0 Å². The van der Waals surface area contributed by atoms with E-state index in [2.05, 4.69) is 15.0 Å². The smallest absolute Gasteiger partial charge is 0.354 e. The first-order valence-corrected chi connectivity index (χ1v) is 14.3. The Hall–Kier alpha value is -2.89. The fraction of sp³-hybridized carbons (Fsp3) is 0.444. The van der Waals surface area contributed by atoms with Gasteiger partial charge in [-0.05, 0) is 56.4 Å². The van der Waals surface area contributed by atoms with E-state index in [1.807, 2.05) is 37.3 Å². The fourth-order valence-corrected chi connectivity index (χ4v) is 6.80. The molecule has 204 valence electrons. The van der Waals surface area contributed by atoms with Crippen molar-refractivity contribution in [2.24, 2.45) is 5.92 Å². The SMILES string of the molecule is Cc1ccccc1-c1cc2ccc(S(=O)(=O)NC3CCC(C(=O)N4CCN[C@H](C(F)(F)F)C4)CC3)cc2[nH]1. The number of sulfonamides is 1. The molecule has 2 aliphatic rings. The van der Waals surface area contributed by atoms with Crippen LogP contribution >= 0.6 is 0 Å². The maximum Gasteiger partial charge on any atom is 0.405 e. The zero-order valence-electron chi connectivity index (χ0n) is 21.0. The number of carbonyl (C=O) groups excluding carboxylic acids is 1. The molecule has 0 spiro atoms. The number of aryl methyl sites for hydroxylation is 1. The van der Waals surface area contributed by atoms with Gasteiger partial charge in [-0.3, -0.25) is 4.79 Å². The number of piperazine rings is 1. The number of benzene rings is 2. The predicted octanol–water partition coefficient (Wildman–Crippen LogP) is 4.34. The highest BCUT2D eigenvalue weighted by Gasteiger charge is 2.43. The third-order valence-corrected chi connectivity index (χ3v) is 9.14. The van der Waals surface area contributed by atoms with Gasteiger partial charge in [-0.1, -0.05) is 30.3 Å². The highest BCUT2D eigenvalue weighted by atomic mass is 32.2. The number of rotatable bonds is 5. The van der Waals surface area contributed by atoms with Crippen molar-refractivity contribution in [2.45, 2.75) is 55.8 Å². The highest BCUT2D eigenvalue weighted by molar-refractivity contribution is 7.89. The third-order valence-electron chi connectivity index (χ3n) is 7.62.